The molecule has 0 spiro atoms. The van der Waals surface area contributed by atoms with Crippen LogP contribution in [0.15, 0.2) is 24.3 Å². The third-order valence-corrected chi connectivity index (χ3v) is 2.97. The fourth-order valence-corrected chi connectivity index (χ4v) is 1.68. The molecular formula is C14H18FN3O2. The number of carbonyl (C=O) groups is 2. The van der Waals surface area contributed by atoms with E-state index in [0.717, 1.165) is 18.4 Å². The predicted octanol–water partition coefficient (Wildman–Crippen LogP) is 0.946. The second-order valence-electron chi connectivity index (χ2n) is 4.83. The molecule has 0 unspecified atom stereocenters. The number of hydrogen-bond donors (Lipinski definition) is 3. The average molecular weight is 279 g/mol. The standard InChI is InChI=1S/C14H18FN3O2/c15-11-3-1-10(2-4-11)7-8-16-13(19)9-17-14(20)18-12-5-6-12/h1-4,12H,5-9H2,(H,16,19)(H2,17,18,20). The highest BCUT2D eigenvalue weighted by molar-refractivity contribution is 5.84. The van der Waals surface area contributed by atoms with Crippen molar-refractivity contribution in [3.8, 4) is 0 Å². The first-order valence-corrected chi connectivity index (χ1v) is 6.69. The van der Waals surface area contributed by atoms with Gasteiger partial charge in [-0.3, -0.25) is 4.79 Å². The van der Waals surface area contributed by atoms with Crippen LogP contribution in [0.1, 0.15) is 18.4 Å². The van der Waals surface area contributed by atoms with E-state index in [1.54, 1.807) is 12.1 Å². The Bertz CT molecular complexity index is 472. The summed E-state index contributed by atoms with van der Waals surface area (Å²) in [6.45, 7) is 0.415. The van der Waals surface area contributed by atoms with E-state index in [2.05, 4.69) is 16.0 Å². The van der Waals surface area contributed by atoms with Crippen LogP contribution in [0.4, 0.5) is 9.18 Å². The summed E-state index contributed by atoms with van der Waals surface area (Å²) in [6, 6.07) is 6.12. The molecule has 20 heavy (non-hydrogen) atoms. The smallest absolute Gasteiger partial charge is 0.315 e. The molecule has 5 nitrogen and oxygen atoms in total. The Kier molecular flexibility index (Phi) is 4.92. The minimum Gasteiger partial charge on any atom is -0.354 e. The van der Waals surface area contributed by atoms with Gasteiger partial charge in [0.1, 0.15) is 5.82 Å². The van der Waals surface area contributed by atoms with E-state index in [1.807, 2.05) is 0 Å². The summed E-state index contributed by atoms with van der Waals surface area (Å²) in [5.74, 6) is -0.512. The fraction of sp³-hybridized carbons (Fsp3) is 0.429. The SMILES string of the molecule is O=C(CNC(=O)NC1CC1)NCCc1ccc(F)cc1. The maximum absolute atomic E-state index is 12.7. The number of carbonyl (C=O) groups excluding carboxylic acids is 2. The highest BCUT2D eigenvalue weighted by Gasteiger charge is 2.23. The monoisotopic (exact) mass is 279 g/mol. The molecule has 0 aliphatic heterocycles. The largest absolute Gasteiger partial charge is 0.354 e. The van der Waals surface area contributed by atoms with Crippen molar-refractivity contribution < 1.29 is 14.0 Å². The van der Waals surface area contributed by atoms with Gasteiger partial charge in [-0.2, -0.15) is 0 Å². The third kappa shape index (κ3) is 5.26. The van der Waals surface area contributed by atoms with Gasteiger partial charge in [0, 0.05) is 12.6 Å². The molecular weight excluding hydrogens is 261 g/mol. The lowest BCUT2D eigenvalue weighted by atomic mass is 10.1. The number of rotatable bonds is 6. The van der Waals surface area contributed by atoms with E-state index in [-0.39, 0.29) is 30.3 Å². The maximum atomic E-state index is 12.7. The van der Waals surface area contributed by atoms with Crippen LogP contribution < -0.4 is 16.0 Å². The zero-order chi connectivity index (χ0) is 14.4. The first kappa shape index (κ1) is 14.3. The van der Waals surface area contributed by atoms with E-state index < -0.39 is 0 Å². The molecule has 1 aliphatic rings. The molecule has 3 amide bonds. The molecule has 2 rings (SSSR count). The van der Waals surface area contributed by atoms with Gasteiger partial charge in [0.2, 0.25) is 5.91 Å². The van der Waals surface area contributed by atoms with Crippen LogP contribution in [-0.2, 0) is 11.2 Å². The number of halogens is 1. The van der Waals surface area contributed by atoms with Gasteiger partial charge >= 0.3 is 6.03 Å². The number of hydrogen-bond acceptors (Lipinski definition) is 2. The molecule has 1 aliphatic carbocycles. The summed E-state index contributed by atoms with van der Waals surface area (Å²) in [5, 5.41) is 7.92. The Balaban J connectivity index is 1.57. The number of nitrogens with one attached hydrogen (secondary N) is 3. The quantitative estimate of drug-likeness (QED) is 0.725. The minimum absolute atomic E-state index is 0.0397. The van der Waals surface area contributed by atoms with Gasteiger partial charge in [-0.15, -0.1) is 0 Å². The molecule has 0 bridgehead atoms. The van der Waals surface area contributed by atoms with Crippen molar-refractivity contribution in [1.82, 2.24) is 16.0 Å². The zero-order valence-corrected chi connectivity index (χ0v) is 11.1. The molecule has 3 N–H and O–H groups in total. The van der Waals surface area contributed by atoms with Crippen molar-refractivity contribution in [2.45, 2.75) is 25.3 Å². The molecule has 0 aromatic heterocycles. The first-order chi connectivity index (χ1) is 9.63. The van der Waals surface area contributed by atoms with Crippen molar-refractivity contribution in [3.05, 3.63) is 35.6 Å². The Morgan fingerprint density at radius 3 is 2.50 bits per heavy atom. The van der Waals surface area contributed by atoms with Crippen LogP contribution in [0.3, 0.4) is 0 Å². The minimum atomic E-state index is -0.304. The van der Waals surface area contributed by atoms with Gasteiger partial charge < -0.3 is 16.0 Å². The van der Waals surface area contributed by atoms with E-state index in [9.17, 15) is 14.0 Å². The van der Waals surface area contributed by atoms with Crippen molar-refractivity contribution in [2.24, 2.45) is 0 Å². The van der Waals surface area contributed by atoms with E-state index >= 15 is 0 Å². The fourth-order valence-electron chi connectivity index (χ4n) is 1.68. The lowest BCUT2D eigenvalue weighted by Gasteiger charge is -2.07. The Morgan fingerprint density at radius 1 is 1.15 bits per heavy atom. The normalized spacial score (nSPS) is 13.7. The van der Waals surface area contributed by atoms with Crippen molar-refractivity contribution in [3.63, 3.8) is 0 Å². The van der Waals surface area contributed by atoms with Crippen molar-refractivity contribution in [2.75, 3.05) is 13.1 Å². The molecule has 0 saturated heterocycles. The van der Waals surface area contributed by atoms with Crippen LogP contribution in [0.5, 0.6) is 0 Å². The molecule has 1 aromatic rings. The van der Waals surface area contributed by atoms with Crippen molar-refractivity contribution >= 4 is 11.9 Å². The summed E-state index contributed by atoms with van der Waals surface area (Å²) >= 11 is 0. The summed E-state index contributed by atoms with van der Waals surface area (Å²) in [6.07, 6.45) is 2.65. The molecule has 0 atom stereocenters. The van der Waals surface area contributed by atoms with E-state index in [0.29, 0.717) is 13.0 Å². The summed E-state index contributed by atoms with van der Waals surface area (Å²) in [5.41, 5.74) is 0.950. The molecule has 1 fully saturated rings. The van der Waals surface area contributed by atoms with Crippen LogP contribution in [0.2, 0.25) is 0 Å². The van der Waals surface area contributed by atoms with Gasteiger partial charge in [-0.25, -0.2) is 9.18 Å². The van der Waals surface area contributed by atoms with Gasteiger partial charge in [0.25, 0.3) is 0 Å². The number of benzene rings is 1. The molecule has 1 saturated carbocycles. The van der Waals surface area contributed by atoms with Gasteiger partial charge in [0.05, 0.1) is 6.54 Å². The summed E-state index contributed by atoms with van der Waals surface area (Å²) in [4.78, 5) is 22.8. The Morgan fingerprint density at radius 2 is 1.85 bits per heavy atom. The van der Waals surface area contributed by atoms with Crippen LogP contribution in [0, 0.1) is 5.82 Å². The molecule has 6 heteroatoms. The maximum Gasteiger partial charge on any atom is 0.315 e. The second-order valence-corrected chi connectivity index (χ2v) is 4.83. The lowest BCUT2D eigenvalue weighted by molar-refractivity contribution is -0.120. The van der Waals surface area contributed by atoms with Gasteiger partial charge in [-0.1, -0.05) is 12.1 Å². The topological polar surface area (TPSA) is 70.2 Å². The zero-order valence-electron chi connectivity index (χ0n) is 11.1. The highest BCUT2D eigenvalue weighted by atomic mass is 19.1. The average Bonchev–Trinajstić information content (AvgIpc) is 3.23. The summed E-state index contributed by atoms with van der Waals surface area (Å²) < 4.78 is 12.7. The third-order valence-electron chi connectivity index (χ3n) is 2.97. The highest BCUT2D eigenvalue weighted by Crippen LogP contribution is 2.18. The second kappa shape index (κ2) is 6.88. The lowest BCUT2D eigenvalue weighted by Crippen LogP contribution is -2.43. The van der Waals surface area contributed by atoms with Crippen LogP contribution in [0.25, 0.3) is 0 Å². The first-order valence-electron chi connectivity index (χ1n) is 6.69. The molecule has 0 heterocycles. The number of urea groups is 1. The van der Waals surface area contributed by atoms with Crippen LogP contribution in [-0.4, -0.2) is 31.1 Å². The van der Waals surface area contributed by atoms with Gasteiger partial charge in [-0.05, 0) is 37.0 Å². The molecule has 1 aromatic carbocycles. The molecule has 0 radical (unpaired) electrons. The molecule has 108 valence electrons. The van der Waals surface area contributed by atoms with Gasteiger partial charge in [0.15, 0.2) is 0 Å². The van der Waals surface area contributed by atoms with Crippen LogP contribution >= 0.6 is 0 Å². The predicted molar refractivity (Wildman–Crippen MR) is 72.7 cm³/mol. The van der Waals surface area contributed by atoms with E-state index in [4.69, 9.17) is 0 Å². The summed E-state index contributed by atoms with van der Waals surface area (Å²) in [7, 11) is 0. The Hall–Kier alpha value is -2.11. The van der Waals surface area contributed by atoms with E-state index in [1.165, 1.54) is 12.1 Å². The van der Waals surface area contributed by atoms with Crippen molar-refractivity contribution in [1.29, 1.82) is 0 Å². The Labute approximate surface area is 116 Å². The number of amides is 3.